The normalized spacial score (nSPS) is 15.5. The van der Waals surface area contributed by atoms with Gasteiger partial charge in [0.25, 0.3) is 0 Å². The van der Waals surface area contributed by atoms with Crippen molar-refractivity contribution < 1.29 is 9.52 Å². The van der Waals surface area contributed by atoms with Crippen molar-refractivity contribution in [1.29, 1.82) is 0 Å². The zero-order valence-electron chi connectivity index (χ0n) is 11.0. The molecule has 0 spiro atoms. The third kappa shape index (κ3) is 3.84. The Hall–Kier alpha value is -0.840. The van der Waals surface area contributed by atoms with Crippen molar-refractivity contribution in [2.24, 2.45) is 5.73 Å². The van der Waals surface area contributed by atoms with E-state index in [2.05, 4.69) is 18.7 Å². The van der Waals surface area contributed by atoms with Gasteiger partial charge in [0.1, 0.15) is 5.76 Å². The van der Waals surface area contributed by atoms with Crippen LogP contribution in [0, 0.1) is 0 Å². The van der Waals surface area contributed by atoms with E-state index in [4.69, 9.17) is 15.3 Å². The summed E-state index contributed by atoms with van der Waals surface area (Å²) in [5.74, 6) is 0.895. The van der Waals surface area contributed by atoms with E-state index in [0.29, 0.717) is 6.04 Å². The van der Waals surface area contributed by atoms with Gasteiger partial charge < -0.3 is 15.3 Å². The minimum atomic E-state index is -0.0118. The zero-order valence-corrected chi connectivity index (χ0v) is 11.0. The van der Waals surface area contributed by atoms with Gasteiger partial charge in [0.05, 0.1) is 12.3 Å². The molecule has 4 nitrogen and oxygen atoms in total. The second-order valence-electron chi connectivity index (χ2n) is 4.73. The summed E-state index contributed by atoms with van der Waals surface area (Å²) in [6.45, 7) is 7.28. The van der Waals surface area contributed by atoms with E-state index >= 15 is 0 Å². The fourth-order valence-corrected chi connectivity index (χ4v) is 2.16. The fourth-order valence-electron chi connectivity index (χ4n) is 2.16. The van der Waals surface area contributed by atoms with Crippen molar-refractivity contribution in [3.63, 3.8) is 0 Å². The molecule has 0 bridgehead atoms. The average molecular weight is 240 g/mol. The molecule has 0 radical (unpaired) electrons. The highest BCUT2D eigenvalue weighted by Gasteiger charge is 2.27. The molecule has 3 N–H and O–H groups in total. The molecule has 0 fully saturated rings. The van der Waals surface area contributed by atoms with Gasteiger partial charge in [-0.3, -0.25) is 4.90 Å². The Bertz CT molecular complexity index is 296. The van der Waals surface area contributed by atoms with E-state index in [1.807, 2.05) is 19.1 Å². The summed E-state index contributed by atoms with van der Waals surface area (Å²) in [5.41, 5.74) is 6.07. The first-order valence-electron chi connectivity index (χ1n) is 6.23. The van der Waals surface area contributed by atoms with E-state index in [9.17, 15) is 0 Å². The van der Waals surface area contributed by atoms with Gasteiger partial charge in [-0.15, -0.1) is 0 Å². The first kappa shape index (κ1) is 14.2. The number of furan rings is 1. The van der Waals surface area contributed by atoms with Crippen LogP contribution in [0.3, 0.4) is 0 Å². The molecule has 0 aliphatic carbocycles. The molecule has 0 amide bonds. The minimum Gasteiger partial charge on any atom is -0.468 e. The van der Waals surface area contributed by atoms with Crippen LogP contribution in [-0.4, -0.2) is 35.2 Å². The SMILES string of the molecule is CC(N)C(c1ccco1)N(CCCO)C(C)C. The Morgan fingerprint density at radius 2 is 2.12 bits per heavy atom. The lowest BCUT2D eigenvalue weighted by atomic mass is 10.0. The van der Waals surface area contributed by atoms with Gasteiger partial charge in [0, 0.05) is 25.2 Å². The Labute approximate surface area is 103 Å². The summed E-state index contributed by atoms with van der Waals surface area (Å²) >= 11 is 0. The fraction of sp³-hybridized carbons (Fsp3) is 0.692. The maximum Gasteiger partial charge on any atom is 0.122 e. The van der Waals surface area contributed by atoms with Gasteiger partial charge in [0.2, 0.25) is 0 Å². The summed E-state index contributed by atoms with van der Waals surface area (Å²) in [6.07, 6.45) is 2.43. The molecule has 17 heavy (non-hydrogen) atoms. The second kappa shape index (κ2) is 6.79. The van der Waals surface area contributed by atoms with E-state index in [1.54, 1.807) is 6.26 Å². The molecule has 4 heteroatoms. The van der Waals surface area contributed by atoms with E-state index in [0.717, 1.165) is 18.7 Å². The first-order chi connectivity index (χ1) is 8.07. The Morgan fingerprint density at radius 1 is 1.41 bits per heavy atom. The van der Waals surface area contributed by atoms with Gasteiger partial charge in [-0.2, -0.15) is 0 Å². The molecule has 0 aliphatic rings. The van der Waals surface area contributed by atoms with Crippen LogP contribution in [0.2, 0.25) is 0 Å². The highest BCUT2D eigenvalue weighted by molar-refractivity contribution is 5.07. The van der Waals surface area contributed by atoms with Gasteiger partial charge in [-0.1, -0.05) is 0 Å². The highest BCUT2D eigenvalue weighted by atomic mass is 16.3. The molecule has 0 saturated heterocycles. The van der Waals surface area contributed by atoms with Gasteiger partial charge in [-0.05, 0) is 39.3 Å². The molecule has 1 rings (SSSR count). The topological polar surface area (TPSA) is 62.6 Å². The number of hydrogen-bond acceptors (Lipinski definition) is 4. The number of nitrogens with two attached hydrogens (primary N) is 1. The van der Waals surface area contributed by atoms with E-state index in [1.165, 1.54) is 0 Å². The van der Waals surface area contributed by atoms with Crippen molar-refractivity contribution in [1.82, 2.24) is 4.90 Å². The highest BCUT2D eigenvalue weighted by Crippen LogP contribution is 2.26. The molecule has 0 aliphatic heterocycles. The maximum absolute atomic E-state index is 8.97. The van der Waals surface area contributed by atoms with Gasteiger partial charge in [-0.25, -0.2) is 0 Å². The quantitative estimate of drug-likeness (QED) is 0.762. The van der Waals surface area contributed by atoms with Gasteiger partial charge >= 0.3 is 0 Å². The number of aliphatic hydroxyl groups is 1. The van der Waals surface area contributed by atoms with Crippen LogP contribution in [0.1, 0.15) is 39.0 Å². The first-order valence-corrected chi connectivity index (χ1v) is 6.23. The Balaban J connectivity index is 2.86. The van der Waals surface area contributed by atoms with Crippen molar-refractivity contribution in [2.75, 3.05) is 13.2 Å². The Morgan fingerprint density at radius 3 is 2.53 bits per heavy atom. The van der Waals surface area contributed by atoms with Crippen molar-refractivity contribution in [3.8, 4) is 0 Å². The molecular formula is C13H24N2O2. The van der Waals surface area contributed by atoms with Crippen LogP contribution in [0.5, 0.6) is 0 Å². The predicted octanol–water partition coefficient (Wildman–Crippen LogP) is 1.76. The second-order valence-corrected chi connectivity index (χ2v) is 4.73. The number of rotatable bonds is 7. The maximum atomic E-state index is 8.97. The van der Waals surface area contributed by atoms with Gasteiger partial charge in [0.15, 0.2) is 0 Å². The lowest BCUT2D eigenvalue weighted by Crippen LogP contribution is -2.43. The lowest BCUT2D eigenvalue weighted by Gasteiger charge is -2.35. The van der Waals surface area contributed by atoms with Crippen LogP contribution in [0.15, 0.2) is 22.8 Å². The third-order valence-electron chi connectivity index (χ3n) is 2.93. The van der Waals surface area contributed by atoms with Crippen molar-refractivity contribution in [2.45, 2.75) is 45.3 Å². The van der Waals surface area contributed by atoms with Crippen molar-refractivity contribution in [3.05, 3.63) is 24.2 Å². The van der Waals surface area contributed by atoms with E-state index in [-0.39, 0.29) is 18.7 Å². The molecule has 1 aromatic rings. The summed E-state index contributed by atoms with van der Waals surface area (Å²) in [7, 11) is 0. The molecule has 0 saturated carbocycles. The standard InChI is InChI=1S/C13H24N2O2/c1-10(2)15(7-5-8-16)13(11(3)14)12-6-4-9-17-12/h4,6,9-11,13,16H,5,7-8,14H2,1-3H3. The van der Waals surface area contributed by atoms with Crippen LogP contribution in [0.25, 0.3) is 0 Å². The van der Waals surface area contributed by atoms with Crippen molar-refractivity contribution >= 4 is 0 Å². The van der Waals surface area contributed by atoms with Crippen LogP contribution >= 0.6 is 0 Å². The zero-order chi connectivity index (χ0) is 12.8. The molecule has 2 unspecified atom stereocenters. The molecule has 1 aromatic heterocycles. The lowest BCUT2D eigenvalue weighted by molar-refractivity contribution is 0.108. The largest absolute Gasteiger partial charge is 0.468 e. The van der Waals surface area contributed by atoms with Crippen LogP contribution in [-0.2, 0) is 0 Å². The summed E-state index contributed by atoms with van der Waals surface area (Å²) in [6, 6.07) is 4.26. The predicted molar refractivity (Wildman–Crippen MR) is 68.6 cm³/mol. The van der Waals surface area contributed by atoms with Crippen LogP contribution in [0.4, 0.5) is 0 Å². The van der Waals surface area contributed by atoms with Crippen LogP contribution < -0.4 is 5.73 Å². The number of nitrogens with zero attached hydrogens (tertiary/aromatic N) is 1. The molecule has 0 aromatic carbocycles. The summed E-state index contributed by atoms with van der Waals surface area (Å²) in [4.78, 5) is 2.28. The van der Waals surface area contributed by atoms with E-state index < -0.39 is 0 Å². The molecule has 2 atom stereocenters. The number of hydrogen-bond donors (Lipinski definition) is 2. The number of aliphatic hydroxyl groups excluding tert-OH is 1. The average Bonchev–Trinajstić information content (AvgIpc) is 2.76. The smallest absolute Gasteiger partial charge is 0.122 e. The molecular weight excluding hydrogens is 216 g/mol. The molecule has 98 valence electrons. The monoisotopic (exact) mass is 240 g/mol. The molecule has 1 heterocycles. The summed E-state index contributed by atoms with van der Waals surface area (Å²) < 4.78 is 5.48. The minimum absolute atomic E-state index is 0.0118. The Kier molecular flexibility index (Phi) is 5.68. The third-order valence-corrected chi connectivity index (χ3v) is 2.93. The summed E-state index contributed by atoms with van der Waals surface area (Å²) in [5, 5.41) is 8.97.